The van der Waals surface area contributed by atoms with E-state index in [2.05, 4.69) is 0 Å². The maximum absolute atomic E-state index is 15.6. The number of anilines is 1. The highest BCUT2D eigenvalue weighted by Crippen LogP contribution is 2.53. The number of rotatable bonds is 8. The maximum Gasteiger partial charge on any atom is 0.338 e. The Kier molecular flexibility index (Phi) is 8.63. The molecule has 0 bridgehead atoms. The van der Waals surface area contributed by atoms with Crippen molar-refractivity contribution in [3.05, 3.63) is 115 Å². The third-order valence-corrected chi connectivity index (χ3v) is 8.85. The van der Waals surface area contributed by atoms with Gasteiger partial charge in [0.05, 0.1) is 35.3 Å². The summed E-state index contributed by atoms with van der Waals surface area (Å²) in [4.78, 5) is 55.2. The van der Waals surface area contributed by atoms with Crippen LogP contribution in [0.1, 0.15) is 48.1 Å². The number of aryl methyl sites for hydroxylation is 1. The molecule has 12 heteroatoms. The van der Waals surface area contributed by atoms with Gasteiger partial charge < -0.3 is 15.2 Å². The van der Waals surface area contributed by atoms with Gasteiger partial charge in [0, 0.05) is 39.8 Å². The van der Waals surface area contributed by atoms with Gasteiger partial charge in [-0.15, -0.1) is 11.3 Å². The van der Waals surface area contributed by atoms with Gasteiger partial charge in [-0.3, -0.25) is 24.6 Å². The molecule has 10 nitrogen and oxygen atoms in total. The number of nitro groups is 1. The van der Waals surface area contributed by atoms with E-state index in [1.54, 1.807) is 32.9 Å². The molecule has 2 N–H and O–H groups in total. The molecule has 2 heterocycles. The molecule has 0 fully saturated rings. The Morgan fingerprint density at radius 1 is 1.11 bits per heavy atom. The molecule has 0 spiro atoms. The summed E-state index contributed by atoms with van der Waals surface area (Å²) in [6.07, 6.45) is 0.0644. The molecule has 1 aliphatic carbocycles. The number of hydrogen-bond donors (Lipinski definition) is 1. The first-order chi connectivity index (χ1) is 21.1. The van der Waals surface area contributed by atoms with E-state index in [4.69, 9.17) is 15.2 Å². The van der Waals surface area contributed by atoms with E-state index >= 15 is 4.39 Å². The lowest BCUT2D eigenvalue weighted by atomic mass is 9.68. The van der Waals surface area contributed by atoms with Gasteiger partial charge in [0.15, 0.2) is 5.78 Å². The van der Waals surface area contributed by atoms with Crippen LogP contribution in [0.15, 0.2) is 82.6 Å². The van der Waals surface area contributed by atoms with Crippen LogP contribution in [0.4, 0.5) is 15.8 Å². The van der Waals surface area contributed by atoms with Crippen LogP contribution in [-0.2, 0) is 23.9 Å². The molecule has 44 heavy (non-hydrogen) atoms. The van der Waals surface area contributed by atoms with Crippen LogP contribution in [0.2, 0.25) is 0 Å². The summed E-state index contributed by atoms with van der Waals surface area (Å²) in [7, 11) is 0. The predicted octanol–water partition coefficient (Wildman–Crippen LogP) is 5.63. The number of Topliss-reactive ketones (excluding diaryl/α,β-unsaturated/α-hetero) is 1. The number of nitrogens with zero attached hydrogens (tertiary/aromatic N) is 2. The molecule has 2 aromatic carbocycles. The lowest BCUT2D eigenvalue weighted by Crippen LogP contribution is -2.46. The molecule has 0 amide bonds. The summed E-state index contributed by atoms with van der Waals surface area (Å²) in [5.74, 6) is -6.44. The molecule has 228 valence electrons. The first kappa shape index (κ1) is 30.6. The molecule has 1 aliphatic heterocycles. The van der Waals surface area contributed by atoms with E-state index in [0.717, 1.165) is 4.88 Å². The van der Waals surface area contributed by atoms with Crippen molar-refractivity contribution < 1.29 is 33.2 Å². The summed E-state index contributed by atoms with van der Waals surface area (Å²) in [6.45, 7) is 4.93. The number of nitrogens with two attached hydrogens (primary N) is 1. The number of allylic oxidation sites excluding steroid dienone is 2. The fraction of sp³-hybridized carbons (Fsp3) is 0.281. The third kappa shape index (κ3) is 5.25. The van der Waals surface area contributed by atoms with Crippen molar-refractivity contribution in [3.63, 3.8) is 0 Å². The highest BCUT2D eigenvalue weighted by Gasteiger charge is 2.52. The minimum absolute atomic E-state index is 0.00745. The average Bonchev–Trinajstić information content (AvgIpc) is 3.52. The fourth-order valence-electron chi connectivity index (χ4n) is 5.96. The molecule has 3 atom stereocenters. The van der Waals surface area contributed by atoms with E-state index in [-0.39, 0.29) is 53.5 Å². The van der Waals surface area contributed by atoms with Crippen LogP contribution < -0.4 is 10.6 Å². The van der Waals surface area contributed by atoms with Crippen LogP contribution in [0.5, 0.6) is 0 Å². The number of halogens is 1. The monoisotopic (exact) mass is 619 g/mol. The van der Waals surface area contributed by atoms with Crippen molar-refractivity contribution in [2.45, 2.75) is 39.0 Å². The standard InChI is InChI=1S/C32H30FN3O7S/c1-4-42-31(38)26-20(24-11-8-14-44-24)16-23-27(29(26)37)25(19-9-6-7-10-21(19)33)28(32(39)43-5-2)30(34)35(23)22-15-18(36(40)41)13-12-17(22)3/h6-15,20,25-26H,4-5,16,34H2,1-3H3/t20-,25-,26-/m1/s1. The summed E-state index contributed by atoms with van der Waals surface area (Å²) in [6, 6.07) is 13.5. The fourth-order valence-corrected chi connectivity index (χ4v) is 6.82. The molecule has 0 saturated heterocycles. The Morgan fingerprint density at radius 2 is 1.84 bits per heavy atom. The SMILES string of the molecule is CCOC(=O)C1=C(N)N(c2cc([N+](=O)[O-])ccc2C)C2=C(C(=O)[C@H](C(=O)OCC)[C@@H](c3cccs3)C2)[C@H]1c1ccccc1F. The van der Waals surface area contributed by atoms with Crippen molar-refractivity contribution >= 4 is 40.4 Å². The third-order valence-electron chi connectivity index (χ3n) is 7.84. The zero-order chi connectivity index (χ0) is 31.7. The molecule has 2 aliphatic rings. The van der Waals surface area contributed by atoms with E-state index in [0.29, 0.717) is 11.3 Å². The highest BCUT2D eigenvalue weighted by atomic mass is 32.1. The summed E-state index contributed by atoms with van der Waals surface area (Å²) in [5, 5.41) is 13.6. The summed E-state index contributed by atoms with van der Waals surface area (Å²) < 4.78 is 26.3. The van der Waals surface area contributed by atoms with Crippen LogP contribution in [0.25, 0.3) is 0 Å². The van der Waals surface area contributed by atoms with Gasteiger partial charge in [-0.05, 0) is 50.3 Å². The molecule has 0 radical (unpaired) electrons. The van der Waals surface area contributed by atoms with Crippen LogP contribution in [0.3, 0.4) is 0 Å². The Hall–Kier alpha value is -4.84. The van der Waals surface area contributed by atoms with Crippen molar-refractivity contribution in [1.82, 2.24) is 0 Å². The Bertz CT molecular complexity index is 1720. The summed E-state index contributed by atoms with van der Waals surface area (Å²) >= 11 is 1.36. The number of esters is 2. The minimum atomic E-state index is -1.32. The number of carbonyl (C=O) groups excluding carboxylic acids is 3. The molecule has 1 aromatic heterocycles. The van der Waals surface area contributed by atoms with Crippen molar-refractivity contribution in [3.8, 4) is 0 Å². The molecule has 3 aromatic rings. The Labute approximate surface area is 256 Å². The first-order valence-corrected chi connectivity index (χ1v) is 14.9. The van der Waals surface area contributed by atoms with Gasteiger partial charge in [0.1, 0.15) is 17.6 Å². The van der Waals surface area contributed by atoms with Crippen LogP contribution in [-0.4, -0.2) is 35.9 Å². The van der Waals surface area contributed by atoms with E-state index in [1.165, 1.54) is 52.6 Å². The van der Waals surface area contributed by atoms with Crippen LogP contribution in [0, 0.1) is 28.8 Å². The predicted molar refractivity (Wildman–Crippen MR) is 161 cm³/mol. The lowest BCUT2D eigenvalue weighted by molar-refractivity contribution is -0.384. The topological polar surface area (TPSA) is 142 Å². The molecule has 0 saturated carbocycles. The number of ketones is 1. The first-order valence-electron chi connectivity index (χ1n) is 14.0. The number of non-ortho nitro benzene ring substituents is 1. The van der Waals surface area contributed by atoms with Crippen molar-refractivity contribution in [1.29, 1.82) is 0 Å². The molecule has 0 unspecified atom stereocenters. The maximum atomic E-state index is 15.6. The largest absolute Gasteiger partial charge is 0.465 e. The van der Waals surface area contributed by atoms with Gasteiger partial charge in [-0.25, -0.2) is 9.18 Å². The number of carbonyl (C=O) groups is 3. The lowest BCUT2D eigenvalue weighted by Gasteiger charge is -2.44. The smallest absolute Gasteiger partial charge is 0.338 e. The minimum Gasteiger partial charge on any atom is -0.465 e. The van der Waals surface area contributed by atoms with Gasteiger partial charge in [-0.2, -0.15) is 0 Å². The Morgan fingerprint density at radius 3 is 2.48 bits per heavy atom. The second-order valence-electron chi connectivity index (χ2n) is 10.3. The summed E-state index contributed by atoms with van der Waals surface area (Å²) in [5.41, 5.74) is 7.43. The Balaban J connectivity index is 1.87. The quantitative estimate of drug-likeness (QED) is 0.147. The van der Waals surface area contributed by atoms with Gasteiger partial charge in [0.25, 0.3) is 5.69 Å². The molecular weight excluding hydrogens is 589 g/mol. The van der Waals surface area contributed by atoms with Gasteiger partial charge in [-0.1, -0.05) is 30.3 Å². The number of ether oxygens (including phenoxy) is 2. The van der Waals surface area contributed by atoms with E-state index < -0.39 is 46.2 Å². The van der Waals surface area contributed by atoms with Crippen LogP contribution >= 0.6 is 11.3 Å². The highest BCUT2D eigenvalue weighted by molar-refractivity contribution is 7.10. The van der Waals surface area contributed by atoms with E-state index in [9.17, 15) is 24.5 Å². The zero-order valence-electron chi connectivity index (χ0n) is 24.2. The normalized spacial score (nSPS) is 20.0. The van der Waals surface area contributed by atoms with E-state index in [1.807, 2.05) is 11.4 Å². The van der Waals surface area contributed by atoms with Crippen molar-refractivity contribution in [2.75, 3.05) is 18.1 Å². The molecular formula is C32H30FN3O7S. The second kappa shape index (κ2) is 12.4. The zero-order valence-corrected chi connectivity index (χ0v) is 25.1. The second-order valence-corrected chi connectivity index (χ2v) is 11.3. The van der Waals surface area contributed by atoms with Crippen molar-refractivity contribution in [2.24, 2.45) is 11.7 Å². The number of benzene rings is 2. The number of thiophene rings is 1. The van der Waals surface area contributed by atoms with Gasteiger partial charge in [0.2, 0.25) is 0 Å². The molecule has 5 rings (SSSR count). The average molecular weight is 620 g/mol. The number of hydrogen-bond acceptors (Lipinski definition) is 10. The number of nitro benzene ring substituents is 1. The van der Waals surface area contributed by atoms with Gasteiger partial charge >= 0.3 is 11.9 Å².